The molecule has 1 aliphatic heterocycles. The van der Waals surface area contributed by atoms with Gasteiger partial charge in [-0.1, -0.05) is 11.6 Å². The summed E-state index contributed by atoms with van der Waals surface area (Å²) < 4.78 is 11.0. The van der Waals surface area contributed by atoms with E-state index >= 15 is 0 Å². The second-order valence-corrected chi connectivity index (χ2v) is 4.92. The van der Waals surface area contributed by atoms with E-state index in [9.17, 15) is 4.79 Å². The van der Waals surface area contributed by atoms with Gasteiger partial charge < -0.3 is 14.8 Å². The zero-order valence-electron chi connectivity index (χ0n) is 10.3. The molecule has 98 valence electrons. The summed E-state index contributed by atoms with van der Waals surface area (Å²) in [5, 5.41) is 3.13. The fourth-order valence-corrected chi connectivity index (χ4v) is 1.79. The van der Waals surface area contributed by atoms with Gasteiger partial charge in [-0.15, -0.1) is 0 Å². The van der Waals surface area contributed by atoms with Crippen LogP contribution >= 0.6 is 11.6 Å². The Hall–Kier alpha value is -1.17. The minimum absolute atomic E-state index is 0.121. The van der Waals surface area contributed by atoms with Crippen molar-refractivity contribution in [3.63, 3.8) is 0 Å². The van der Waals surface area contributed by atoms with Crippen LogP contribution in [0.25, 0.3) is 0 Å². The van der Waals surface area contributed by atoms with Crippen LogP contribution in [0.5, 0.6) is 0 Å². The first-order valence-corrected chi connectivity index (χ1v) is 6.05. The molecule has 2 heterocycles. The number of rotatable bonds is 3. The Balaban J connectivity index is 1.84. The van der Waals surface area contributed by atoms with E-state index in [4.69, 9.17) is 21.1 Å². The number of hydrogen-bond acceptors (Lipinski definition) is 4. The van der Waals surface area contributed by atoms with Crippen molar-refractivity contribution >= 4 is 17.5 Å². The summed E-state index contributed by atoms with van der Waals surface area (Å²) in [4.78, 5) is 15.6. The van der Waals surface area contributed by atoms with Gasteiger partial charge in [0.15, 0.2) is 5.79 Å². The van der Waals surface area contributed by atoms with Crippen LogP contribution in [0, 0.1) is 0 Å². The molecule has 1 fully saturated rings. The summed E-state index contributed by atoms with van der Waals surface area (Å²) in [6, 6.07) is 3.20. The number of nitrogens with zero attached hydrogens (tertiary/aromatic N) is 1. The second kappa shape index (κ2) is 5.22. The SMILES string of the molecule is CC1(C)OCC(CNC(=O)c2ccc(Cl)nc2)O1. The Labute approximate surface area is 110 Å². The first kappa shape index (κ1) is 13.3. The summed E-state index contributed by atoms with van der Waals surface area (Å²) in [6.45, 7) is 4.58. The summed E-state index contributed by atoms with van der Waals surface area (Å²) in [7, 11) is 0. The molecule has 1 aliphatic rings. The maximum absolute atomic E-state index is 11.8. The minimum Gasteiger partial charge on any atom is -0.349 e. The molecule has 1 aromatic heterocycles. The molecular formula is C12H15ClN2O3. The van der Waals surface area contributed by atoms with E-state index in [0.29, 0.717) is 23.9 Å². The highest BCUT2D eigenvalue weighted by atomic mass is 35.5. The van der Waals surface area contributed by atoms with Gasteiger partial charge in [0.25, 0.3) is 5.91 Å². The molecule has 0 radical (unpaired) electrons. The zero-order valence-corrected chi connectivity index (χ0v) is 11.0. The predicted molar refractivity (Wildman–Crippen MR) is 66.5 cm³/mol. The lowest BCUT2D eigenvalue weighted by atomic mass is 10.2. The second-order valence-electron chi connectivity index (χ2n) is 4.53. The molecule has 0 aliphatic carbocycles. The van der Waals surface area contributed by atoms with E-state index in [0.717, 1.165) is 0 Å². The predicted octanol–water partition coefficient (Wildman–Crippen LogP) is 1.62. The number of hydrogen-bond donors (Lipinski definition) is 1. The topological polar surface area (TPSA) is 60.5 Å². The van der Waals surface area contributed by atoms with Gasteiger partial charge in [-0.05, 0) is 26.0 Å². The maximum atomic E-state index is 11.8. The van der Waals surface area contributed by atoms with E-state index in [1.54, 1.807) is 12.1 Å². The maximum Gasteiger partial charge on any atom is 0.252 e. The van der Waals surface area contributed by atoms with Crippen LogP contribution in [0.15, 0.2) is 18.3 Å². The molecular weight excluding hydrogens is 256 g/mol. The van der Waals surface area contributed by atoms with Crippen molar-refractivity contribution in [3.8, 4) is 0 Å². The van der Waals surface area contributed by atoms with Crippen molar-refractivity contribution in [2.45, 2.75) is 25.7 Å². The summed E-state index contributed by atoms with van der Waals surface area (Å²) >= 11 is 5.65. The van der Waals surface area contributed by atoms with Crippen LogP contribution in [-0.2, 0) is 9.47 Å². The van der Waals surface area contributed by atoms with Crippen LogP contribution in [0.4, 0.5) is 0 Å². The van der Waals surface area contributed by atoms with E-state index < -0.39 is 5.79 Å². The van der Waals surface area contributed by atoms with E-state index in [2.05, 4.69) is 10.3 Å². The Morgan fingerprint density at radius 3 is 2.94 bits per heavy atom. The molecule has 0 bridgehead atoms. The van der Waals surface area contributed by atoms with Crippen molar-refractivity contribution in [1.29, 1.82) is 0 Å². The van der Waals surface area contributed by atoms with Gasteiger partial charge in [0.05, 0.1) is 12.2 Å². The molecule has 1 amide bonds. The largest absolute Gasteiger partial charge is 0.349 e. The quantitative estimate of drug-likeness (QED) is 0.848. The lowest BCUT2D eigenvalue weighted by Gasteiger charge is -2.17. The van der Waals surface area contributed by atoms with E-state index in [-0.39, 0.29) is 12.0 Å². The normalized spacial score (nSPS) is 21.8. The van der Waals surface area contributed by atoms with Gasteiger partial charge in [-0.2, -0.15) is 0 Å². The van der Waals surface area contributed by atoms with Crippen LogP contribution in [0.2, 0.25) is 5.15 Å². The molecule has 1 unspecified atom stereocenters. The van der Waals surface area contributed by atoms with Crippen molar-refractivity contribution < 1.29 is 14.3 Å². The first-order chi connectivity index (χ1) is 8.46. The molecule has 5 nitrogen and oxygen atoms in total. The number of carbonyl (C=O) groups excluding carboxylic acids is 1. The molecule has 18 heavy (non-hydrogen) atoms. The summed E-state index contributed by atoms with van der Waals surface area (Å²) in [5.41, 5.74) is 0.470. The fourth-order valence-electron chi connectivity index (χ4n) is 1.68. The third kappa shape index (κ3) is 3.41. The summed E-state index contributed by atoms with van der Waals surface area (Å²) in [5.74, 6) is -0.774. The van der Waals surface area contributed by atoms with Crippen LogP contribution in [0.3, 0.4) is 0 Å². The monoisotopic (exact) mass is 270 g/mol. The Morgan fingerprint density at radius 1 is 1.61 bits per heavy atom. The molecule has 1 saturated heterocycles. The molecule has 6 heteroatoms. The van der Waals surface area contributed by atoms with Crippen molar-refractivity contribution in [3.05, 3.63) is 29.0 Å². The number of nitrogens with one attached hydrogen (secondary N) is 1. The summed E-state index contributed by atoms with van der Waals surface area (Å²) in [6.07, 6.45) is 1.32. The first-order valence-electron chi connectivity index (χ1n) is 5.68. The number of pyridine rings is 1. The molecule has 0 aromatic carbocycles. The Morgan fingerprint density at radius 2 is 2.39 bits per heavy atom. The van der Waals surface area contributed by atoms with Gasteiger partial charge in [0, 0.05) is 12.7 Å². The van der Waals surface area contributed by atoms with Crippen LogP contribution < -0.4 is 5.32 Å². The average molecular weight is 271 g/mol. The highest BCUT2D eigenvalue weighted by Crippen LogP contribution is 2.21. The zero-order chi connectivity index (χ0) is 13.2. The molecule has 1 N–H and O–H groups in total. The van der Waals surface area contributed by atoms with Gasteiger partial charge >= 0.3 is 0 Å². The number of carbonyl (C=O) groups is 1. The van der Waals surface area contributed by atoms with Gasteiger partial charge in [0.1, 0.15) is 11.3 Å². The Kier molecular flexibility index (Phi) is 3.85. The van der Waals surface area contributed by atoms with E-state index in [1.165, 1.54) is 6.20 Å². The van der Waals surface area contributed by atoms with Crippen molar-refractivity contribution in [2.75, 3.05) is 13.2 Å². The highest BCUT2D eigenvalue weighted by Gasteiger charge is 2.32. The third-order valence-electron chi connectivity index (χ3n) is 2.55. The van der Waals surface area contributed by atoms with Crippen LogP contribution in [-0.4, -0.2) is 35.9 Å². The molecule has 0 saturated carbocycles. The highest BCUT2D eigenvalue weighted by molar-refractivity contribution is 6.29. The van der Waals surface area contributed by atoms with Gasteiger partial charge in [-0.25, -0.2) is 4.98 Å². The lowest BCUT2D eigenvalue weighted by Crippen LogP contribution is -2.34. The fraction of sp³-hybridized carbons (Fsp3) is 0.500. The molecule has 2 rings (SSSR count). The van der Waals surface area contributed by atoms with Gasteiger partial charge in [0.2, 0.25) is 0 Å². The Bertz CT molecular complexity index is 433. The number of aromatic nitrogens is 1. The smallest absolute Gasteiger partial charge is 0.252 e. The molecule has 1 aromatic rings. The van der Waals surface area contributed by atoms with Crippen LogP contribution in [0.1, 0.15) is 24.2 Å². The van der Waals surface area contributed by atoms with Gasteiger partial charge in [-0.3, -0.25) is 4.79 Å². The lowest BCUT2D eigenvalue weighted by molar-refractivity contribution is -0.137. The van der Waals surface area contributed by atoms with Crippen molar-refractivity contribution in [2.24, 2.45) is 0 Å². The molecule has 0 spiro atoms. The average Bonchev–Trinajstić information content (AvgIpc) is 2.67. The van der Waals surface area contributed by atoms with E-state index in [1.807, 2.05) is 13.8 Å². The standard InChI is InChI=1S/C12H15ClN2O3/c1-12(2)17-7-9(18-12)6-15-11(16)8-3-4-10(13)14-5-8/h3-5,9H,6-7H2,1-2H3,(H,15,16). The molecule has 1 atom stereocenters. The number of amides is 1. The number of halogens is 1. The number of ether oxygens (including phenoxy) is 2. The van der Waals surface area contributed by atoms with Crippen molar-refractivity contribution in [1.82, 2.24) is 10.3 Å². The third-order valence-corrected chi connectivity index (χ3v) is 2.77. The minimum atomic E-state index is -0.572.